The van der Waals surface area contributed by atoms with Crippen molar-refractivity contribution in [3.63, 3.8) is 0 Å². The number of anilines is 2. The maximum atomic E-state index is 12.6. The Hall–Kier alpha value is -5.15. The molecule has 3 atom stereocenters. The lowest BCUT2D eigenvalue weighted by Gasteiger charge is -2.37. The zero-order valence-corrected chi connectivity index (χ0v) is 32.6. The topological polar surface area (TPSA) is 93.9 Å². The largest absolute Gasteiger partial charge is 0.508 e. The molecule has 3 aliphatic heterocycles. The maximum Gasteiger partial charge on any atom is 0.235 e. The van der Waals surface area contributed by atoms with E-state index in [1.165, 1.54) is 65.9 Å². The molecule has 3 saturated heterocycles. The first kappa shape index (κ1) is 36.5. The van der Waals surface area contributed by atoms with Crippen LogP contribution in [0.1, 0.15) is 90.6 Å². The number of nitrogens with zero attached hydrogens (tertiary/aromatic N) is 5. The quantitative estimate of drug-likeness (QED) is 0.151. The summed E-state index contributed by atoms with van der Waals surface area (Å²) < 4.78 is 1.88. The molecular formula is C47H54N6O3. The first-order valence-corrected chi connectivity index (χ1v) is 20.9. The summed E-state index contributed by atoms with van der Waals surface area (Å²) in [6.07, 6.45) is 8.01. The number of carbonyl (C=O) groups excluding carboxylic acids is 2. The van der Waals surface area contributed by atoms with Gasteiger partial charge in [-0.2, -0.15) is 5.10 Å². The molecular weight excluding hydrogens is 697 g/mol. The molecule has 1 aromatic heterocycles. The Labute approximate surface area is 330 Å². The van der Waals surface area contributed by atoms with Crippen LogP contribution in [0.15, 0.2) is 91.0 Å². The van der Waals surface area contributed by atoms with Gasteiger partial charge in [0.05, 0.1) is 17.1 Å². The van der Waals surface area contributed by atoms with Crippen LogP contribution in [0.3, 0.4) is 0 Å². The van der Waals surface area contributed by atoms with E-state index in [1.807, 2.05) is 23.9 Å². The van der Waals surface area contributed by atoms with Crippen molar-refractivity contribution < 1.29 is 14.7 Å². The Morgan fingerprint density at radius 1 is 0.750 bits per heavy atom. The molecule has 0 spiro atoms. The monoisotopic (exact) mass is 750 g/mol. The standard InChI is InChI=1S/C47H54N6O3/c1-50-43-31-37(14-17-41(43)46(49-50)42-19-20-44(55)48-47(42)56)53-28-26-51(27-29-53)23-5-6-32-21-24-52(25-22-32)36-12-9-34(10-13-36)45-39(33-7-3-2-4-8-33)16-11-35-30-38(54)15-18-40(35)45/h2-4,7-10,12-15,17-18,30-32,39,42,45,54H,5-6,11,16,19-29H2,1H3,(H,48,55,56)/t39-,42?,45+/m1/s1. The van der Waals surface area contributed by atoms with Gasteiger partial charge >= 0.3 is 0 Å². The highest BCUT2D eigenvalue weighted by molar-refractivity contribution is 6.02. The molecule has 56 heavy (non-hydrogen) atoms. The number of nitrogens with one attached hydrogen (secondary N) is 1. The number of aryl methyl sites for hydroxylation is 2. The van der Waals surface area contributed by atoms with E-state index in [0.717, 1.165) is 74.6 Å². The third-order valence-electron chi connectivity index (χ3n) is 13.3. The van der Waals surface area contributed by atoms with Crippen molar-refractivity contribution in [3.05, 3.63) is 119 Å². The maximum absolute atomic E-state index is 12.6. The normalized spacial score (nSPS) is 22.3. The average molecular weight is 751 g/mol. The van der Waals surface area contributed by atoms with E-state index in [0.29, 0.717) is 24.5 Å². The van der Waals surface area contributed by atoms with Crippen LogP contribution in [-0.4, -0.2) is 77.4 Å². The summed E-state index contributed by atoms with van der Waals surface area (Å²) in [5.41, 5.74) is 9.72. The molecule has 2 amide bonds. The number of hydrogen-bond acceptors (Lipinski definition) is 7. The number of carbonyl (C=O) groups is 2. The highest BCUT2D eigenvalue weighted by atomic mass is 16.3. The molecule has 9 nitrogen and oxygen atoms in total. The number of aromatic hydroxyl groups is 1. The molecule has 0 bridgehead atoms. The number of phenolic OH excluding ortho intramolecular Hbond substituents is 1. The van der Waals surface area contributed by atoms with Crippen molar-refractivity contribution in [2.24, 2.45) is 13.0 Å². The number of imide groups is 1. The average Bonchev–Trinajstić information content (AvgIpc) is 3.56. The first-order chi connectivity index (χ1) is 27.4. The fourth-order valence-electron chi connectivity index (χ4n) is 10.2. The Morgan fingerprint density at radius 2 is 1.50 bits per heavy atom. The summed E-state index contributed by atoms with van der Waals surface area (Å²) in [7, 11) is 1.94. The summed E-state index contributed by atoms with van der Waals surface area (Å²) in [5.74, 6) is 1.04. The minimum Gasteiger partial charge on any atom is -0.508 e. The number of amides is 2. The lowest BCUT2D eigenvalue weighted by Crippen LogP contribution is -2.46. The smallest absolute Gasteiger partial charge is 0.235 e. The Kier molecular flexibility index (Phi) is 10.3. The third-order valence-corrected chi connectivity index (χ3v) is 13.3. The van der Waals surface area contributed by atoms with Crippen molar-refractivity contribution in [2.45, 2.75) is 69.1 Å². The van der Waals surface area contributed by atoms with Gasteiger partial charge in [-0.3, -0.25) is 24.5 Å². The molecule has 4 aromatic carbocycles. The van der Waals surface area contributed by atoms with Gasteiger partial charge in [0, 0.05) is 75.4 Å². The van der Waals surface area contributed by atoms with E-state index >= 15 is 0 Å². The van der Waals surface area contributed by atoms with E-state index in [4.69, 9.17) is 5.10 Å². The van der Waals surface area contributed by atoms with Crippen LogP contribution < -0.4 is 15.1 Å². The Bertz CT molecular complexity index is 2180. The molecule has 2 N–H and O–H groups in total. The Morgan fingerprint density at radius 3 is 2.27 bits per heavy atom. The fraction of sp³-hybridized carbons (Fsp3) is 0.426. The summed E-state index contributed by atoms with van der Waals surface area (Å²) >= 11 is 0. The molecule has 1 aliphatic carbocycles. The van der Waals surface area contributed by atoms with Gasteiger partial charge in [-0.05, 0) is 128 Å². The first-order valence-electron chi connectivity index (χ1n) is 20.9. The van der Waals surface area contributed by atoms with Crippen molar-refractivity contribution in [3.8, 4) is 5.75 Å². The zero-order chi connectivity index (χ0) is 38.2. The highest BCUT2D eigenvalue weighted by Crippen LogP contribution is 2.47. The predicted octanol–water partition coefficient (Wildman–Crippen LogP) is 7.48. The van der Waals surface area contributed by atoms with Gasteiger partial charge in [-0.1, -0.05) is 48.5 Å². The van der Waals surface area contributed by atoms with Crippen LogP contribution in [0, 0.1) is 5.92 Å². The second-order valence-electron chi connectivity index (χ2n) is 16.6. The van der Waals surface area contributed by atoms with Crippen molar-refractivity contribution in [1.82, 2.24) is 20.0 Å². The molecule has 3 fully saturated rings. The van der Waals surface area contributed by atoms with Crippen LogP contribution in [0.5, 0.6) is 5.75 Å². The summed E-state index contributed by atoms with van der Waals surface area (Å²) in [5, 5.41) is 18.4. The third kappa shape index (κ3) is 7.41. The van der Waals surface area contributed by atoms with E-state index in [2.05, 4.69) is 98.9 Å². The number of phenols is 1. The van der Waals surface area contributed by atoms with Gasteiger partial charge in [0.1, 0.15) is 5.75 Å². The number of piperidine rings is 2. The molecule has 290 valence electrons. The summed E-state index contributed by atoms with van der Waals surface area (Å²) in [6, 6.07) is 32.8. The van der Waals surface area contributed by atoms with Crippen LogP contribution in [0.4, 0.5) is 11.4 Å². The van der Waals surface area contributed by atoms with Crippen molar-refractivity contribution in [2.75, 3.05) is 55.6 Å². The summed E-state index contributed by atoms with van der Waals surface area (Å²) in [4.78, 5) is 31.9. The molecule has 9 rings (SSSR count). The predicted molar refractivity (Wildman–Crippen MR) is 223 cm³/mol. The lowest BCUT2D eigenvalue weighted by atomic mass is 9.69. The molecule has 1 unspecified atom stereocenters. The van der Waals surface area contributed by atoms with Crippen LogP contribution in [0.25, 0.3) is 10.9 Å². The summed E-state index contributed by atoms with van der Waals surface area (Å²) in [6.45, 7) is 7.56. The van der Waals surface area contributed by atoms with E-state index in [-0.39, 0.29) is 23.7 Å². The number of rotatable bonds is 9. The van der Waals surface area contributed by atoms with Gasteiger partial charge in [0.2, 0.25) is 11.8 Å². The second-order valence-corrected chi connectivity index (χ2v) is 16.6. The van der Waals surface area contributed by atoms with Crippen LogP contribution >= 0.6 is 0 Å². The van der Waals surface area contributed by atoms with Crippen molar-refractivity contribution in [1.29, 1.82) is 0 Å². The number of benzene rings is 4. The number of fused-ring (bicyclic) bond motifs is 2. The Balaban J connectivity index is 0.748. The van der Waals surface area contributed by atoms with E-state index in [9.17, 15) is 14.7 Å². The SMILES string of the molecule is Cn1nc(C2CCC(=O)NC2=O)c2ccc(N3CCN(CCCC4CCN(c5ccc([C@@H]6c7ccc(O)cc7CC[C@@H]6c6ccccc6)cc5)CC4)CC3)cc21. The molecule has 4 aliphatic rings. The van der Waals surface area contributed by atoms with E-state index in [1.54, 1.807) is 0 Å². The van der Waals surface area contributed by atoms with E-state index < -0.39 is 0 Å². The second kappa shape index (κ2) is 15.8. The van der Waals surface area contributed by atoms with Gasteiger partial charge in [0.25, 0.3) is 0 Å². The molecule has 0 radical (unpaired) electrons. The van der Waals surface area contributed by atoms with Gasteiger partial charge in [-0.15, -0.1) is 0 Å². The minimum atomic E-state index is -0.380. The van der Waals surface area contributed by atoms with Crippen LogP contribution in [-0.2, 0) is 23.1 Å². The molecule has 9 heteroatoms. The molecule has 0 saturated carbocycles. The van der Waals surface area contributed by atoms with Crippen molar-refractivity contribution >= 4 is 34.1 Å². The molecule has 5 aromatic rings. The number of aromatic nitrogens is 2. The van der Waals surface area contributed by atoms with Crippen LogP contribution in [0.2, 0.25) is 0 Å². The number of piperazine rings is 1. The lowest BCUT2D eigenvalue weighted by molar-refractivity contribution is -0.134. The zero-order valence-electron chi connectivity index (χ0n) is 32.6. The van der Waals surface area contributed by atoms with Gasteiger partial charge in [0.15, 0.2) is 0 Å². The fourth-order valence-corrected chi connectivity index (χ4v) is 10.2. The number of hydrogen-bond donors (Lipinski definition) is 2. The van der Waals surface area contributed by atoms with Gasteiger partial charge < -0.3 is 14.9 Å². The molecule has 4 heterocycles. The minimum absolute atomic E-state index is 0.199. The van der Waals surface area contributed by atoms with Gasteiger partial charge in [-0.25, -0.2) is 0 Å². The highest BCUT2D eigenvalue weighted by Gasteiger charge is 2.34.